The van der Waals surface area contributed by atoms with Gasteiger partial charge in [-0.05, 0) is 13.0 Å². The van der Waals surface area contributed by atoms with Gasteiger partial charge in [-0.1, -0.05) is 11.8 Å². The highest BCUT2D eigenvalue weighted by Crippen LogP contribution is 2.18. The lowest BCUT2D eigenvalue weighted by Gasteiger charge is -2.04. The number of anilines is 1. The number of thioether (sulfide) groups is 1. The molecule has 0 radical (unpaired) electrons. The number of nitrogens with zero attached hydrogens (tertiary/aromatic N) is 4. The standard InChI is InChI=1S/C11H13N5S/c1-8-5-9(12-2)16-10(15-8)6-17-11-3-4-13-7-14-11/h3-5,7H,6H2,1-2H3,(H,12,15,16). The van der Waals surface area contributed by atoms with E-state index >= 15 is 0 Å². The number of rotatable bonds is 4. The van der Waals surface area contributed by atoms with Gasteiger partial charge in [-0.3, -0.25) is 0 Å². The summed E-state index contributed by atoms with van der Waals surface area (Å²) in [7, 11) is 1.85. The van der Waals surface area contributed by atoms with Crippen LogP contribution in [0.2, 0.25) is 0 Å². The predicted octanol–water partition coefficient (Wildman–Crippen LogP) is 1.91. The minimum absolute atomic E-state index is 0.702. The van der Waals surface area contributed by atoms with Crippen molar-refractivity contribution in [2.24, 2.45) is 0 Å². The summed E-state index contributed by atoms with van der Waals surface area (Å²) in [4.78, 5) is 16.8. The van der Waals surface area contributed by atoms with Gasteiger partial charge in [-0.15, -0.1) is 0 Å². The van der Waals surface area contributed by atoms with Gasteiger partial charge < -0.3 is 5.32 Å². The molecule has 2 heterocycles. The van der Waals surface area contributed by atoms with Crippen LogP contribution < -0.4 is 5.32 Å². The lowest BCUT2D eigenvalue weighted by atomic mass is 10.4. The van der Waals surface area contributed by atoms with Gasteiger partial charge in [0.2, 0.25) is 0 Å². The molecule has 2 rings (SSSR count). The molecule has 0 saturated carbocycles. The molecule has 6 heteroatoms. The number of aryl methyl sites for hydroxylation is 1. The zero-order valence-electron chi connectivity index (χ0n) is 9.71. The molecule has 0 aliphatic rings. The Bertz CT molecular complexity index is 488. The van der Waals surface area contributed by atoms with E-state index in [1.54, 1.807) is 24.3 Å². The van der Waals surface area contributed by atoms with Crippen LogP contribution >= 0.6 is 11.8 Å². The smallest absolute Gasteiger partial charge is 0.141 e. The molecular weight excluding hydrogens is 234 g/mol. The average Bonchev–Trinajstić information content (AvgIpc) is 2.37. The second kappa shape index (κ2) is 5.58. The zero-order chi connectivity index (χ0) is 12.1. The van der Waals surface area contributed by atoms with E-state index in [-0.39, 0.29) is 0 Å². The molecule has 0 fully saturated rings. The summed E-state index contributed by atoms with van der Waals surface area (Å²) < 4.78 is 0. The van der Waals surface area contributed by atoms with Crippen LogP contribution in [0.4, 0.5) is 5.82 Å². The maximum atomic E-state index is 4.38. The fraction of sp³-hybridized carbons (Fsp3) is 0.273. The third kappa shape index (κ3) is 3.39. The number of nitrogens with one attached hydrogen (secondary N) is 1. The van der Waals surface area contributed by atoms with Crippen LogP contribution in [0.15, 0.2) is 29.7 Å². The van der Waals surface area contributed by atoms with E-state index < -0.39 is 0 Å². The van der Waals surface area contributed by atoms with E-state index in [0.29, 0.717) is 5.75 Å². The van der Waals surface area contributed by atoms with E-state index in [1.807, 2.05) is 26.1 Å². The van der Waals surface area contributed by atoms with E-state index in [1.165, 1.54) is 0 Å². The van der Waals surface area contributed by atoms with Gasteiger partial charge in [-0.25, -0.2) is 19.9 Å². The number of hydrogen-bond donors (Lipinski definition) is 1. The van der Waals surface area contributed by atoms with Crippen LogP contribution in [-0.2, 0) is 5.75 Å². The minimum atomic E-state index is 0.702. The molecule has 0 amide bonds. The topological polar surface area (TPSA) is 63.6 Å². The Morgan fingerprint density at radius 1 is 1.35 bits per heavy atom. The molecule has 0 saturated heterocycles. The van der Waals surface area contributed by atoms with Crippen LogP contribution in [0.1, 0.15) is 11.5 Å². The van der Waals surface area contributed by atoms with Gasteiger partial charge >= 0.3 is 0 Å². The number of hydrogen-bond acceptors (Lipinski definition) is 6. The van der Waals surface area contributed by atoms with Gasteiger partial charge in [0.05, 0.1) is 10.8 Å². The first-order valence-corrected chi connectivity index (χ1v) is 6.17. The summed E-state index contributed by atoms with van der Waals surface area (Å²) in [6.45, 7) is 1.96. The molecule has 2 aromatic heterocycles. The van der Waals surface area contributed by atoms with Crippen molar-refractivity contribution in [3.05, 3.63) is 36.2 Å². The predicted molar refractivity (Wildman–Crippen MR) is 67.9 cm³/mol. The van der Waals surface area contributed by atoms with Crippen molar-refractivity contribution < 1.29 is 0 Å². The Kier molecular flexibility index (Phi) is 3.87. The molecular formula is C11H13N5S. The Labute approximate surface area is 104 Å². The van der Waals surface area contributed by atoms with E-state index in [9.17, 15) is 0 Å². The van der Waals surface area contributed by atoms with E-state index in [4.69, 9.17) is 0 Å². The summed E-state index contributed by atoms with van der Waals surface area (Å²) in [6, 6.07) is 3.79. The highest BCUT2D eigenvalue weighted by molar-refractivity contribution is 7.98. The molecule has 5 nitrogen and oxygen atoms in total. The maximum absolute atomic E-state index is 4.38. The van der Waals surface area contributed by atoms with Crippen molar-refractivity contribution in [1.29, 1.82) is 0 Å². The second-order valence-electron chi connectivity index (χ2n) is 3.40. The minimum Gasteiger partial charge on any atom is -0.373 e. The Hall–Kier alpha value is -1.69. The third-order valence-corrected chi connectivity index (χ3v) is 3.00. The van der Waals surface area contributed by atoms with E-state index in [0.717, 1.165) is 22.4 Å². The second-order valence-corrected chi connectivity index (χ2v) is 4.39. The highest BCUT2D eigenvalue weighted by atomic mass is 32.2. The fourth-order valence-electron chi connectivity index (χ4n) is 1.33. The first-order valence-electron chi connectivity index (χ1n) is 5.19. The summed E-state index contributed by atoms with van der Waals surface area (Å²) in [5.41, 5.74) is 0.961. The maximum Gasteiger partial charge on any atom is 0.141 e. The van der Waals surface area contributed by atoms with Crippen molar-refractivity contribution in [3.63, 3.8) is 0 Å². The lowest BCUT2D eigenvalue weighted by molar-refractivity contribution is 0.989. The third-order valence-electron chi connectivity index (χ3n) is 2.06. The van der Waals surface area contributed by atoms with Crippen LogP contribution in [0, 0.1) is 6.92 Å². The average molecular weight is 247 g/mol. The first-order chi connectivity index (χ1) is 8.28. The monoisotopic (exact) mass is 247 g/mol. The Morgan fingerprint density at radius 3 is 2.94 bits per heavy atom. The van der Waals surface area contributed by atoms with Gasteiger partial charge in [0.1, 0.15) is 18.0 Å². The molecule has 0 aromatic carbocycles. The molecule has 2 aromatic rings. The Balaban J connectivity index is 2.06. The Morgan fingerprint density at radius 2 is 2.24 bits per heavy atom. The molecule has 1 N–H and O–H groups in total. The summed E-state index contributed by atoms with van der Waals surface area (Å²) in [5.74, 6) is 2.35. The first kappa shape index (κ1) is 11.8. The van der Waals surface area contributed by atoms with Crippen LogP contribution in [-0.4, -0.2) is 27.0 Å². The van der Waals surface area contributed by atoms with Gasteiger partial charge in [0.25, 0.3) is 0 Å². The normalized spacial score (nSPS) is 10.2. The molecule has 17 heavy (non-hydrogen) atoms. The van der Waals surface area contributed by atoms with Crippen molar-refractivity contribution in [3.8, 4) is 0 Å². The molecule has 88 valence electrons. The van der Waals surface area contributed by atoms with Crippen LogP contribution in [0.25, 0.3) is 0 Å². The molecule has 0 bridgehead atoms. The molecule has 0 aliphatic carbocycles. The largest absolute Gasteiger partial charge is 0.373 e. The summed E-state index contributed by atoms with van der Waals surface area (Å²) in [5, 5.41) is 3.95. The quantitative estimate of drug-likeness (QED) is 0.657. The molecule has 0 spiro atoms. The van der Waals surface area contributed by atoms with Crippen LogP contribution in [0.3, 0.4) is 0 Å². The zero-order valence-corrected chi connectivity index (χ0v) is 10.5. The molecule has 0 atom stereocenters. The number of aromatic nitrogens is 4. The summed E-state index contributed by atoms with van der Waals surface area (Å²) >= 11 is 1.60. The fourth-order valence-corrected chi connectivity index (χ4v) is 2.01. The van der Waals surface area contributed by atoms with Crippen molar-refractivity contribution >= 4 is 17.6 Å². The van der Waals surface area contributed by atoms with Gasteiger partial charge in [0, 0.05) is 25.0 Å². The SMILES string of the molecule is CNc1cc(C)nc(CSc2ccncn2)n1. The van der Waals surface area contributed by atoms with Crippen molar-refractivity contribution in [1.82, 2.24) is 19.9 Å². The summed E-state index contributed by atoms with van der Waals surface area (Å²) in [6.07, 6.45) is 3.27. The van der Waals surface area contributed by atoms with Crippen molar-refractivity contribution in [2.75, 3.05) is 12.4 Å². The highest BCUT2D eigenvalue weighted by Gasteiger charge is 2.03. The lowest BCUT2D eigenvalue weighted by Crippen LogP contribution is -2.00. The van der Waals surface area contributed by atoms with E-state index in [2.05, 4.69) is 25.3 Å². The van der Waals surface area contributed by atoms with Gasteiger partial charge in [-0.2, -0.15) is 0 Å². The molecule has 0 unspecified atom stereocenters. The van der Waals surface area contributed by atoms with Crippen LogP contribution in [0.5, 0.6) is 0 Å². The van der Waals surface area contributed by atoms with Gasteiger partial charge in [0.15, 0.2) is 0 Å². The molecule has 0 aliphatic heterocycles. The van der Waals surface area contributed by atoms with Crippen molar-refractivity contribution in [2.45, 2.75) is 17.7 Å².